The summed E-state index contributed by atoms with van der Waals surface area (Å²) < 4.78 is 26.0. The first-order chi connectivity index (χ1) is 9.37. The summed E-state index contributed by atoms with van der Waals surface area (Å²) in [6, 6.07) is 2.06. The predicted molar refractivity (Wildman–Crippen MR) is 77.8 cm³/mol. The van der Waals surface area contributed by atoms with Gasteiger partial charge in [-0.3, -0.25) is 4.68 Å². The minimum atomic E-state index is -3.11. The van der Waals surface area contributed by atoms with Crippen molar-refractivity contribution in [2.24, 2.45) is 7.05 Å². The third-order valence-electron chi connectivity index (χ3n) is 2.91. The van der Waals surface area contributed by atoms with Gasteiger partial charge in [0.15, 0.2) is 5.65 Å². The van der Waals surface area contributed by atoms with Crippen LogP contribution in [0.25, 0.3) is 11.0 Å². The molecule has 0 aliphatic rings. The maximum Gasteiger partial charge on any atom is 0.208 e. The summed E-state index contributed by atoms with van der Waals surface area (Å²) in [5.74, 6) is 0. The Morgan fingerprint density at radius 2 is 2.10 bits per heavy atom. The molecule has 2 aromatic rings. The Hall–Kier alpha value is -1.51. The summed E-state index contributed by atoms with van der Waals surface area (Å²) in [5.41, 5.74) is 2.87. The molecule has 2 N–H and O–H groups in total. The van der Waals surface area contributed by atoms with Gasteiger partial charge >= 0.3 is 0 Å². The van der Waals surface area contributed by atoms with Crippen LogP contribution in [0.4, 0.5) is 0 Å². The van der Waals surface area contributed by atoms with Crippen molar-refractivity contribution in [1.82, 2.24) is 24.8 Å². The Morgan fingerprint density at radius 1 is 1.35 bits per heavy atom. The van der Waals surface area contributed by atoms with Gasteiger partial charge in [0.1, 0.15) is 0 Å². The van der Waals surface area contributed by atoms with Gasteiger partial charge in [0.2, 0.25) is 10.0 Å². The molecule has 2 heterocycles. The Kier molecular flexibility index (Phi) is 4.36. The van der Waals surface area contributed by atoms with Gasteiger partial charge in [0.25, 0.3) is 0 Å². The van der Waals surface area contributed by atoms with Crippen LogP contribution < -0.4 is 10.0 Å². The van der Waals surface area contributed by atoms with Crippen LogP contribution in [0.1, 0.15) is 11.3 Å². The first-order valence-electron chi connectivity index (χ1n) is 6.30. The largest absolute Gasteiger partial charge is 0.311 e. The molecule has 0 radical (unpaired) electrons. The van der Waals surface area contributed by atoms with E-state index >= 15 is 0 Å². The van der Waals surface area contributed by atoms with E-state index in [1.54, 1.807) is 10.9 Å². The highest BCUT2D eigenvalue weighted by Crippen LogP contribution is 2.16. The molecule has 0 fully saturated rings. The highest BCUT2D eigenvalue weighted by Gasteiger charge is 2.06. The fourth-order valence-electron chi connectivity index (χ4n) is 2.01. The van der Waals surface area contributed by atoms with E-state index in [0.717, 1.165) is 28.5 Å². The molecule has 2 rings (SSSR count). The standard InChI is InChI=1S/C12H19N5O2S/c1-9-11-6-10(8-14-12(11)17(2)16-9)7-13-4-5-15-20(3,18)19/h6,8,13,15H,4-5,7H2,1-3H3. The van der Waals surface area contributed by atoms with Gasteiger partial charge < -0.3 is 5.32 Å². The molecule has 0 aliphatic heterocycles. The summed E-state index contributed by atoms with van der Waals surface area (Å²) in [5, 5.41) is 8.54. The Morgan fingerprint density at radius 3 is 2.80 bits per heavy atom. The van der Waals surface area contributed by atoms with Crippen LogP contribution >= 0.6 is 0 Å². The number of hydrogen-bond donors (Lipinski definition) is 2. The molecule has 0 spiro atoms. The SMILES string of the molecule is Cc1nn(C)c2ncc(CNCCNS(C)(=O)=O)cc12. The smallest absolute Gasteiger partial charge is 0.208 e. The predicted octanol–water partition coefficient (Wildman–Crippen LogP) is -0.0845. The summed E-state index contributed by atoms with van der Waals surface area (Å²) in [7, 11) is -1.24. The Labute approximate surface area is 118 Å². The van der Waals surface area contributed by atoms with Crippen LogP contribution in [0, 0.1) is 6.92 Å². The lowest BCUT2D eigenvalue weighted by Gasteiger charge is -2.05. The third kappa shape index (κ3) is 3.75. The molecule has 0 saturated heterocycles. The molecule has 20 heavy (non-hydrogen) atoms. The van der Waals surface area contributed by atoms with Gasteiger partial charge in [-0.05, 0) is 18.6 Å². The molecule has 0 amide bonds. The van der Waals surface area contributed by atoms with E-state index in [0.29, 0.717) is 19.6 Å². The van der Waals surface area contributed by atoms with Crippen LogP contribution in [0.5, 0.6) is 0 Å². The van der Waals surface area contributed by atoms with E-state index in [1.165, 1.54) is 0 Å². The highest BCUT2D eigenvalue weighted by atomic mass is 32.2. The number of pyridine rings is 1. The van der Waals surface area contributed by atoms with Gasteiger partial charge in [-0.15, -0.1) is 0 Å². The average molecular weight is 297 g/mol. The van der Waals surface area contributed by atoms with Crippen molar-refractivity contribution in [3.05, 3.63) is 23.5 Å². The zero-order valence-corrected chi connectivity index (χ0v) is 12.7. The number of aromatic nitrogens is 3. The lowest BCUT2D eigenvalue weighted by atomic mass is 10.2. The maximum absolute atomic E-state index is 10.9. The van der Waals surface area contributed by atoms with Crippen molar-refractivity contribution < 1.29 is 8.42 Å². The first kappa shape index (κ1) is 14.9. The van der Waals surface area contributed by atoms with Crippen molar-refractivity contribution in [1.29, 1.82) is 0 Å². The van der Waals surface area contributed by atoms with Gasteiger partial charge in [-0.2, -0.15) is 5.10 Å². The van der Waals surface area contributed by atoms with E-state index < -0.39 is 10.0 Å². The quantitative estimate of drug-likeness (QED) is 0.728. The van der Waals surface area contributed by atoms with Gasteiger partial charge in [0, 0.05) is 38.3 Å². The number of nitrogens with one attached hydrogen (secondary N) is 2. The maximum atomic E-state index is 10.9. The summed E-state index contributed by atoms with van der Waals surface area (Å²) in [6.07, 6.45) is 2.95. The molecular formula is C12H19N5O2S. The molecule has 7 nitrogen and oxygen atoms in total. The van der Waals surface area contributed by atoms with Crippen LogP contribution in [-0.4, -0.2) is 42.5 Å². The second-order valence-corrected chi connectivity index (χ2v) is 6.60. The number of fused-ring (bicyclic) bond motifs is 1. The lowest BCUT2D eigenvalue weighted by Crippen LogP contribution is -2.30. The molecule has 0 aromatic carbocycles. The van der Waals surface area contributed by atoms with E-state index in [9.17, 15) is 8.42 Å². The summed E-state index contributed by atoms with van der Waals surface area (Å²) >= 11 is 0. The number of sulfonamides is 1. The van der Waals surface area contributed by atoms with E-state index in [-0.39, 0.29) is 0 Å². The van der Waals surface area contributed by atoms with Crippen molar-refractivity contribution in [2.45, 2.75) is 13.5 Å². The van der Waals surface area contributed by atoms with E-state index in [4.69, 9.17) is 0 Å². The second kappa shape index (κ2) is 5.86. The zero-order valence-electron chi connectivity index (χ0n) is 11.8. The Bertz CT molecular complexity index is 708. The topological polar surface area (TPSA) is 88.9 Å². The van der Waals surface area contributed by atoms with Crippen molar-refractivity contribution >= 4 is 21.1 Å². The number of nitrogens with zero attached hydrogens (tertiary/aromatic N) is 3. The molecule has 0 atom stereocenters. The van der Waals surface area contributed by atoms with E-state index in [1.807, 2.05) is 14.0 Å². The van der Waals surface area contributed by atoms with Crippen LogP contribution in [0.3, 0.4) is 0 Å². The van der Waals surface area contributed by atoms with Crippen LogP contribution in [0.15, 0.2) is 12.3 Å². The molecular weight excluding hydrogens is 278 g/mol. The minimum absolute atomic E-state index is 0.375. The molecule has 0 saturated carbocycles. The zero-order chi connectivity index (χ0) is 14.8. The first-order valence-corrected chi connectivity index (χ1v) is 8.19. The molecule has 110 valence electrons. The van der Waals surface area contributed by atoms with Gasteiger partial charge in [-0.25, -0.2) is 18.1 Å². The number of rotatable bonds is 6. The highest BCUT2D eigenvalue weighted by molar-refractivity contribution is 7.88. The fraction of sp³-hybridized carbons (Fsp3) is 0.500. The lowest BCUT2D eigenvalue weighted by molar-refractivity contribution is 0.581. The van der Waals surface area contributed by atoms with Crippen molar-refractivity contribution in [3.63, 3.8) is 0 Å². The van der Waals surface area contributed by atoms with Crippen molar-refractivity contribution in [3.8, 4) is 0 Å². The fourth-order valence-corrected chi connectivity index (χ4v) is 2.48. The summed E-state index contributed by atoms with van der Waals surface area (Å²) in [6.45, 7) is 3.54. The molecule has 2 aromatic heterocycles. The number of hydrogen-bond acceptors (Lipinski definition) is 5. The Balaban J connectivity index is 1.92. The normalized spacial score (nSPS) is 12.2. The minimum Gasteiger partial charge on any atom is -0.311 e. The van der Waals surface area contributed by atoms with E-state index in [2.05, 4.69) is 26.2 Å². The second-order valence-electron chi connectivity index (χ2n) is 4.77. The van der Waals surface area contributed by atoms with Crippen LogP contribution in [-0.2, 0) is 23.6 Å². The average Bonchev–Trinajstić information content (AvgIpc) is 2.63. The van der Waals surface area contributed by atoms with Crippen LogP contribution in [0.2, 0.25) is 0 Å². The van der Waals surface area contributed by atoms with Gasteiger partial charge in [-0.1, -0.05) is 0 Å². The molecule has 0 aliphatic carbocycles. The molecule has 8 heteroatoms. The molecule has 0 bridgehead atoms. The summed E-state index contributed by atoms with van der Waals surface area (Å²) in [4.78, 5) is 4.39. The van der Waals surface area contributed by atoms with Crippen molar-refractivity contribution in [2.75, 3.05) is 19.3 Å². The monoisotopic (exact) mass is 297 g/mol. The molecule has 0 unspecified atom stereocenters. The van der Waals surface area contributed by atoms with Gasteiger partial charge in [0.05, 0.1) is 11.9 Å². The number of aryl methyl sites for hydroxylation is 2. The third-order valence-corrected chi connectivity index (χ3v) is 3.64.